The summed E-state index contributed by atoms with van der Waals surface area (Å²) in [5.41, 5.74) is 6.18. The Morgan fingerprint density at radius 2 is 1.68 bits per heavy atom. The van der Waals surface area contributed by atoms with Crippen molar-refractivity contribution in [2.24, 2.45) is 0 Å². The van der Waals surface area contributed by atoms with Gasteiger partial charge in [-0.05, 0) is 47.5 Å². The van der Waals surface area contributed by atoms with Gasteiger partial charge in [0, 0.05) is 12.6 Å². The number of hydrogen-bond acceptors (Lipinski definition) is 5. The fourth-order valence-electron chi connectivity index (χ4n) is 3.33. The number of halogens is 4. The SMILES string of the molecule is Nc1ccccc1NC(=O)/C=C/c1ccc(C(NCCO)C(=O)Nc2ccc(C(F)(F)F)cc2F)cc1. The van der Waals surface area contributed by atoms with Gasteiger partial charge in [-0.25, -0.2) is 4.39 Å². The molecule has 3 aromatic rings. The van der Waals surface area contributed by atoms with Crippen molar-refractivity contribution < 1.29 is 32.3 Å². The van der Waals surface area contributed by atoms with Gasteiger partial charge >= 0.3 is 6.18 Å². The lowest BCUT2D eigenvalue weighted by atomic mass is 10.0. The summed E-state index contributed by atoms with van der Waals surface area (Å²) in [6.07, 6.45) is -1.87. The topological polar surface area (TPSA) is 116 Å². The quantitative estimate of drug-likeness (QED) is 0.165. The van der Waals surface area contributed by atoms with Gasteiger partial charge in [0.2, 0.25) is 11.8 Å². The lowest BCUT2D eigenvalue weighted by Gasteiger charge is -2.19. The number of alkyl halides is 3. The van der Waals surface area contributed by atoms with Gasteiger partial charge in [0.05, 0.1) is 29.2 Å². The van der Waals surface area contributed by atoms with E-state index in [0.717, 1.165) is 6.07 Å². The zero-order valence-corrected chi connectivity index (χ0v) is 19.4. The number of nitrogens with two attached hydrogens (primary N) is 1. The molecule has 1 atom stereocenters. The predicted molar refractivity (Wildman–Crippen MR) is 133 cm³/mol. The van der Waals surface area contributed by atoms with E-state index in [1.54, 1.807) is 54.6 Å². The maximum atomic E-state index is 14.2. The highest BCUT2D eigenvalue weighted by Gasteiger charge is 2.31. The normalized spacial score (nSPS) is 12.4. The van der Waals surface area contributed by atoms with Crippen molar-refractivity contribution in [3.05, 3.63) is 95.3 Å². The van der Waals surface area contributed by atoms with Gasteiger partial charge in [0.1, 0.15) is 11.9 Å². The van der Waals surface area contributed by atoms with Crippen LogP contribution in [0, 0.1) is 5.82 Å². The van der Waals surface area contributed by atoms with Gasteiger partial charge in [0.15, 0.2) is 0 Å². The van der Waals surface area contributed by atoms with E-state index in [0.29, 0.717) is 34.6 Å². The molecule has 37 heavy (non-hydrogen) atoms. The molecule has 0 aliphatic rings. The monoisotopic (exact) mass is 516 g/mol. The van der Waals surface area contributed by atoms with Crippen LogP contribution in [-0.4, -0.2) is 30.1 Å². The van der Waals surface area contributed by atoms with Crippen LogP contribution in [0.4, 0.5) is 34.6 Å². The Hall–Kier alpha value is -4.22. The Balaban J connectivity index is 1.71. The second kappa shape index (κ2) is 12.2. The number of rotatable bonds is 9. The molecule has 0 aliphatic heterocycles. The van der Waals surface area contributed by atoms with Crippen molar-refractivity contribution in [3.63, 3.8) is 0 Å². The molecular formula is C26H24F4N4O3. The van der Waals surface area contributed by atoms with E-state index in [-0.39, 0.29) is 13.2 Å². The number of hydrogen-bond donors (Lipinski definition) is 5. The van der Waals surface area contributed by atoms with Gasteiger partial charge in [-0.3, -0.25) is 14.9 Å². The second-order valence-electron chi connectivity index (χ2n) is 7.87. The van der Waals surface area contributed by atoms with Crippen molar-refractivity contribution in [1.29, 1.82) is 0 Å². The first-order valence-corrected chi connectivity index (χ1v) is 11.0. The van der Waals surface area contributed by atoms with E-state index in [2.05, 4.69) is 16.0 Å². The zero-order valence-electron chi connectivity index (χ0n) is 19.4. The van der Waals surface area contributed by atoms with Crippen LogP contribution in [0.1, 0.15) is 22.7 Å². The molecule has 0 spiro atoms. The van der Waals surface area contributed by atoms with Crippen LogP contribution < -0.4 is 21.7 Å². The largest absolute Gasteiger partial charge is 0.416 e. The van der Waals surface area contributed by atoms with Crippen molar-refractivity contribution in [2.45, 2.75) is 12.2 Å². The Labute approximate surface area is 210 Å². The number of amides is 2. The molecule has 0 saturated carbocycles. The van der Waals surface area contributed by atoms with E-state index >= 15 is 0 Å². The molecule has 0 heterocycles. The van der Waals surface area contributed by atoms with E-state index in [4.69, 9.17) is 10.8 Å². The summed E-state index contributed by atoms with van der Waals surface area (Å²) in [5, 5.41) is 16.9. The van der Waals surface area contributed by atoms with Crippen LogP contribution in [0.2, 0.25) is 0 Å². The van der Waals surface area contributed by atoms with Crippen LogP contribution in [0.15, 0.2) is 72.8 Å². The molecule has 1 unspecified atom stereocenters. The van der Waals surface area contributed by atoms with Crippen molar-refractivity contribution in [3.8, 4) is 0 Å². The zero-order chi connectivity index (χ0) is 27.0. The highest BCUT2D eigenvalue weighted by Crippen LogP contribution is 2.31. The summed E-state index contributed by atoms with van der Waals surface area (Å²) in [6, 6.07) is 14.0. The molecular weight excluding hydrogens is 492 g/mol. The highest BCUT2D eigenvalue weighted by atomic mass is 19.4. The standard InChI is InChI=1S/C26H24F4N4O3/c27-19-15-18(26(28,29)30)10-11-21(19)34-25(37)24(32-13-14-35)17-8-5-16(6-9-17)7-12-23(36)33-22-4-2-1-3-20(22)31/h1-12,15,24,32,35H,13-14,31H2,(H,33,36)(H,34,37)/b12-7+. The van der Waals surface area contributed by atoms with Crippen LogP contribution in [0.3, 0.4) is 0 Å². The second-order valence-corrected chi connectivity index (χ2v) is 7.87. The van der Waals surface area contributed by atoms with Crippen molar-refractivity contribution in [1.82, 2.24) is 5.32 Å². The lowest BCUT2D eigenvalue weighted by molar-refractivity contribution is -0.137. The van der Waals surface area contributed by atoms with Crippen LogP contribution in [0.5, 0.6) is 0 Å². The van der Waals surface area contributed by atoms with Crippen LogP contribution in [0.25, 0.3) is 6.08 Å². The van der Waals surface area contributed by atoms with E-state index in [1.165, 1.54) is 6.08 Å². The molecule has 0 aliphatic carbocycles. The average molecular weight is 516 g/mol. The fourth-order valence-corrected chi connectivity index (χ4v) is 3.33. The number of benzene rings is 3. The fraction of sp³-hybridized carbons (Fsp3) is 0.154. The number of carbonyl (C=O) groups is 2. The molecule has 0 aromatic heterocycles. The first-order valence-electron chi connectivity index (χ1n) is 11.0. The summed E-state index contributed by atoms with van der Waals surface area (Å²) in [5.74, 6) is -2.38. The van der Waals surface area contributed by atoms with E-state index in [9.17, 15) is 27.2 Å². The molecule has 0 saturated heterocycles. The van der Waals surface area contributed by atoms with E-state index < -0.39 is 41.1 Å². The third-order valence-electron chi connectivity index (χ3n) is 5.19. The first-order chi connectivity index (χ1) is 17.6. The molecule has 3 aromatic carbocycles. The third-order valence-corrected chi connectivity index (χ3v) is 5.19. The number of anilines is 3. The molecule has 0 fully saturated rings. The molecule has 6 N–H and O–H groups in total. The highest BCUT2D eigenvalue weighted by molar-refractivity contribution is 6.03. The Morgan fingerprint density at radius 3 is 2.30 bits per heavy atom. The van der Waals surface area contributed by atoms with Crippen molar-refractivity contribution >= 4 is 35.0 Å². The number of para-hydroxylation sites is 2. The average Bonchev–Trinajstić information content (AvgIpc) is 2.85. The Kier molecular flexibility index (Phi) is 8.99. The van der Waals surface area contributed by atoms with Gasteiger partial charge in [0.25, 0.3) is 0 Å². The summed E-state index contributed by atoms with van der Waals surface area (Å²) in [4.78, 5) is 25.0. The van der Waals surface area contributed by atoms with Gasteiger partial charge in [-0.1, -0.05) is 36.4 Å². The summed E-state index contributed by atoms with van der Waals surface area (Å²) >= 11 is 0. The molecule has 0 radical (unpaired) electrons. The molecule has 3 rings (SSSR count). The number of nitrogens with one attached hydrogen (secondary N) is 3. The molecule has 194 valence electrons. The minimum Gasteiger partial charge on any atom is -0.397 e. The number of aliphatic hydroxyl groups is 1. The summed E-state index contributed by atoms with van der Waals surface area (Å²) in [7, 11) is 0. The van der Waals surface area contributed by atoms with Crippen molar-refractivity contribution in [2.75, 3.05) is 29.5 Å². The van der Waals surface area contributed by atoms with Crippen LogP contribution in [-0.2, 0) is 15.8 Å². The maximum absolute atomic E-state index is 14.2. The third kappa shape index (κ3) is 7.63. The Morgan fingerprint density at radius 1 is 0.973 bits per heavy atom. The lowest BCUT2D eigenvalue weighted by Crippen LogP contribution is -2.34. The maximum Gasteiger partial charge on any atom is 0.416 e. The van der Waals surface area contributed by atoms with E-state index in [1.807, 2.05) is 0 Å². The molecule has 11 heteroatoms. The number of aliphatic hydroxyl groups excluding tert-OH is 1. The minimum atomic E-state index is -4.72. The summed E-state index contributed by atoms with van der Waals surface area (Å²) in [6.45, 7) is -0.266. The predicted octanol–water partition coefficient (Wildman–Crippen LogP) is 4.34. The van der Waals surface area contributed by atoms with Gasteiger partial charge in [-0.15, -0.1) is 0 Å². The Bertz CT molecular complexity index is 1280. The molecule has 7 nitrogen and oxygen atoms in total. The molecule has 2 amide bonds. The van der Waals surface area contributed by atoms with Crippen LogP contribution >= 0.6 is 0 Å². The first kappa shape index (κ1) is 27.4. The number of nitrogen functional groups attached to an aromatic ring is 1. The minimum absolute atomic E-state index is 0.0258. The summed E-state index contributed by atoms with van der Waals surface area (Å²) < 4.78 is 52.5. The molecule has 0 bridgehead atoms. The van der Waals surface area contributed by atoms with Gasteiger partial charge < -0.3 is 21.5 Å². The number of carbonyl (C=O) groups excluding carboxylic acids is 2. The smallest absolute Gasteiger partial charge is 0.397 e. The van der Waals surface area contributed by atoms with Gasteiger partial charge in [-0.2, -0.15) is 13.2 Å².